The summed E-state index contributed by atoms with van der Waals surface area (Å²) in [6.45, 7) is 11.4. The molecule has 0 aliphatic heterocycles. The van der Waals surface area contributed by atoms with Gasteiger partial charge in [0.2, 0.25) is 5.91 Å². The molecule has 3 heteroatoms. The van der Waals surface area contributed by atoms with Crippen molar-refractivity contribution in [1.82, 2.24) is 10.3 Å². The van der Waals surface area contributed by atoms with Gasteiger partial charge in [0.05, 0.1) is 5.92 Å². The number of amides is 1. The molecule has 1 amide bonds. The van der Waals surface area contributed by atoms with Crippen LogP contribution in [-0.4, -0.2) is 17.4 Å². The fourth-order valence-electron chi connectivity index (χ4n) is 3.19. The van der Waals surface area contributed by atoms with Crippen LogP contribution in [0.15, 0.2) is 36.0 Å². The van der Waals surface area contributed by atoms with Crippen LogP contribution in [0.4, 0.5) is 0 Å². The van der Waals surface area contributed by atoms with Crippen LogP contribution in [0.1, 0.15) is 52.7 Å². The third kappa shape index (κ3) is 3.76. The predicted molar refractivity (Wildman–Crippen MR) is 90.5 cm³/mol. The van der Waals surface area contributed by atoms with Crippen LogP contribution < -0.4 is 5.32 Å². The quantitative estimate of drug-likeness (QED) is 0.809. The molecule has 1 aromatic heterocycles. The first-order chi connectivity index (χ1) is 10.3. The molecular weight excluding hydrogens is 272 g/mol. The summed E-state index contributed by atoms with van der Waals surface area (Å²) in [5, 5.41) is 3.11. The minimum Gasteiger partial charge on any atom is -0.356 e. The van der Waals surface area contributed by atoms with Gasteiger partial charge >= 0.3 is 0 Å². The molecular formula is C19H28N2O. The SMILES string of the molecule is CC(C)=CC1C(C(=O)NCCC(C)c2ccccn2)C1(C)C. The second kappa shape index (κ2) is 6.64. The second-order valence-corrected chi connectivity index (χ2v) is 7.30. The zero-order valence-electron chi connectivity index (χ0n) is 14.4. The molecule has 2 rings (SSSR count). The number of hydrogen-bond acceptors (Lipinski definition) is 2. The number of nitrogens with zero attached hydrogens (tertiary/aromatic N) is 1. The summed E-state index contributed by atoms with van der Waals surface area (Å²) in [7, 11) is 0. The van der Waals surface area contributed by atoms with Crippen LogP contribution in [0.2, 0.25) is 0 Å². The number of carbonyl (C=O) groups excluding carboxylic acids is 1. The molecule has 3 nitrogen and oxygen atoms in total. The molecule has 1 aromatic rings. The maximum atomic E-state index is 12.4. The minimum absolute atomic E-state index is 0.0912. The highest BCUT2D eigenvalue weighted by atomic mass is 16.2. The summed E-state index contributed by atoms with van der Waals surface area (Å²) < 4.78 is 0. The van der Waals surface area contributed by atoms with Crippen LogP contribution in [0, 0.1) is 17.3 Å². The van der Waals surface area contributed by atoms with Gasteiger partial charge in [-0.2, -0.15) is 0 Å². The Balaban J connectivity index is 1.81. The van der Waals surface area contributed by atoms with E-state index in [1.165, 1.54) is 5.57 Å². The lowest BCUT2D eigenvalue weighted by Crippen LogP contribution is -2.28. The van der Waals surface area contributed by atoms with Crippen molar-refractivity contribution < 1.29 is 4.79 Å². The first-order valence-electron chi connectivity index (χ1n) is 8.17. The van der Waals surface area contributed by atoms with E-state index in [-0.39, 0.29) is 17.2 Å². The van der Waals surface area contributed by atoms with Gasteiger partial charge in [0.25, 0.3) is 0 Å². The largest absolute Gasteiger partial charge is 0.356 e. The fraction of sp³-hybridized carbons (Fsp3) is 0.579. The Bertz CT molecular complexity index is 544. The van der Waals surface area contributed by atoms with E-state index in [0.29, 0.717) is 18.4 Å². The van der Waals surface area contributed by atoms with Gasteiger partial charge in [-0.3, -0.25) is 9.78 Å². The summed E-state index contributed by atoms with van der Waals surface area (Å²) in [5.41, 5.74) is 2.47. The summed E-state index contributed by atoms with van der Waals surface area (Å²) in [4.78, 5) is 16.7. The van der Waals surface area contributed by atoms with Gasteiger partial charge in [-0.25, -0.2) is 0 Å². The minimum atomic E-state index is 0.0912. The van der Waals surface area contributed by atoms with E-state index in [4.69, 9.17) is 0 Å². The van der Waals surface area contributed by atoms with Crippen molar-refractivity contribution in [2.24, 2.45) is 17.3 Å². The highest BCUT2D eigenvalue weighted by Crippen LogP contribution is 2.59. The number of aromatic nitrogens is 1. The third-order valence-corrected chi connectivity index (χ3v) is 4.78. The van der Waals surface area contributed by atoms with Crippen molar-refractivity contribution in [3.63, 3.8) is 0 Å². The van der Waals surface area contributed by atoms with Crippen molar-refractivity contribution in [3.8, 4) is 0 Å². The highest BCUT2D eigenvalue weighted by molar-refractivity contribution is 5.83. The molecule has 120 valence electrons. The monoisotopic (exact) mass is 300 g/mol. The molecule has 0 saturated heterocycles. The van der Waals surface area contributed by atoms with E-state index in [2.05, 4.69) is 51.0 Å². The van der Waals surface area contributed by atoms with E-state index in [1.807, 2.05) is 24.4 Å². The lowest BCUT2D eigenvalue weighted by atomic mass is 10.0. The molecule has 3 unspecified atom stereocenters. The van der Waals surface area contributed by atoms with Gasteiger partial charge in [-0.1, -0.05) is 38.5 Å². The molecule has 1 saturated carbocycles. The zero-order valence-corrected chi connectivity index (χ0v) is 14.4. The molecule has 0 aromatic carbocycles. The molecule has 22 heavy (non-hydrogen) atoms. The summed E-state index contributed by atoms with van der Waals surface area (Å²) in [6.07, 6.45) is 4.98. The first-order valence-corrected chi connectivity index (χ1v) is 8.17. The summed E-state index contributed by atoms with van der Waals surface area (Å²) in [5.74, 6) is 1.06. The fourth-order valence-corrected chi connectivity index (χ4v) is 3.19. The molecule has 1 heterocycles. The normalized spacial score (nSPS) is 23.5. The molecule has 1 N–H and O–H groups in total. The Morgan fingerprint density at radius 1 is 1.41 bits per heavy atom. The van der Waals surface area contributed by atoms with E-state index < -0.39 is 0 Å². The molecule has 1 aliphatic rings. The molecule has 1 aliphatic carbocycles. The van der Waals surface area contributed by atoms with Crippen molar-refractivity contribution in [3.05, 3.63) is 41.7 Å². The molecule has 0 bridgehead atoms. The van der Waals surface area contributed by atoms with Gasteiger partial charge < -0.3 is 5.32 Å². The lowest BCUT2D eigenvalue weighted by molar-refractivity contribution is -0.123. The maximum absolute atomic E-state index is 12.4. The molecule has 3 atom stereocenters. The summed E-state index contributed by atoms with van der Waals surface area (Å²) in [6, 6.07) is 5.98. The Morgan fingerprint density at radius 3 is 2.73 bits per heavy atom. The van der Waals surface area contributed by atoms with Crippen LogP contribution in [0.25, 0.3) is 0 Å². The second-order valence-electron chi connectivity index (χ2n) is 7.30. The van der Waals surface area contributed by atoms with Crippen molar-refractivity contribution >= 4 is 5.91 Å². The lowest BCUT2D eigenvalue weighted by Gasteiger charge is -2.11. The van der Waals surface area contributed by atoms with Crippen molar-refractivity contribution in [1.29, 1.82) is 0 Å². The van der Waals surface area contributed by atoms with Crippen LogP contribution in [0.5, 0.6) is 0 Å². The Labute approximate surface area is 134 Å². The van der Waals surface area contributed by atoms with E-state index in [0.717, 1.165) is 12.1 Å². The topological polar surface area (TPSA) is 42.0 Å². The first kappa shape index (κ1) is 16.7. The molecule has 0 radical (unpaired) electrons. The van der Waals surface area contributed by atoms with E-state index in [1.54, 1.807) is 0 Å². The van der Waals surface area contributed by atoms with Gasteiger partial charge in [0, 0.05) is 24.4 Å². The number of hydrogen-bond donors (Lipinski definition) is 1. The van der Waals surface area contributed by atoms with Gasteiger partial charge in [-0.15, -0.1) is 0 Å². The third-order valence-electron chi connectivity index (χ3n) is 4.78. The van der Waals surface area contributed by atoms with Gasteiger partial charge in [0.1, 0.15) is 0 Å². The summed E-state index contributed by atoms with van der Waals surface area (Å²) >= 11 is 0. The van der Waals surface area contributed by atoms with Crippen molar-refractivity contribution in [2.75, 3.05) is 6.54 Å². The average Bonchev–Trinajstić information content (AvgIpc) is 2.99. The number of carbonyl (C=O) groups is 1. The smallest absolute Gasteiger partial charge is 0.224 e. The Kier molecular flexibility index (Phi) is 5.05. The highest BCUT2D eigenvalue weighted by Gasteiger charge is 2.60. The van der Waals surface area contributed by atoms with Crippen LogP contribution >= 0.6 is 0 Å². The molecule has 1 fully saturated rings. The van der Waals surface area contributed by atoms with Crippen LogP contribution in [0.3, 0.4) is 0 Å². The average molecular weight is 300 g/mol. The zero-order chi connectivity index (χ0) is 16.3. The van der Waals surface area contributed by atoms with E-state index >= 15 is 0 Å². The number of nitrogens with one attached hydrogen (secondary N) is 1. The Hall–Kier alpha value is -1.64. The molecule has 0 spiro atoms. The van der Waals surface area contributed by atoms with Gasteiger partial charge in [0.15, 0.2) is 0 Å². The maximum Gasteiger partial charge on any atom is 0.224 e. The number of rotatable bonds is 6. The van der Waals surface area contributed by atoms with Crippen molar-refractivity contribution in [2.45, 2.75) is 47.0 Å². The Morgan fingerprint density at radius 2 is 2.14 bits per heavy atom. The van der Waals surface area contributed by atoms with Crippen LogP contribution in [-0.2, 0) is 4.79 Å². The standard InChI is InChI=1S/C19H28N2O/c1-13(2)12-15-17(19(15,4)5)18(22)21-11-9-14(3)16-8-6-7-10-20-16/h6-8,10,12,14-15,17H,9,11H2,1-5H3,(H,21,22). The van der Waals surface area contributed by atoms with Gasteiger partial charge in [-0.05, 0) is 43.7 Å². The predicted octanol–water partition coefficient (Wildman–Crippen LogP) is 3.93. The number of allylic oxidation sites excluding steroid dienone is 2. The number of pyridine rings is 1. The van der Waals surface area contributed by atoms with E-state index in [9.17, 15) is 4.79 Å².